The van der Waals surface area contributed by atoms with E-state index in [4.69, 9.17) is 0 Å². The van der Waals surface area contributed by atoms with Gasteiger partial charge in [0, 0.05) is 11.6 Å². The quantitative estimate of drug-likeness (QED) is 0.877. The van der Waals surface area contributed by atoms with E-state index >= 15 is 0 Å². The Morgan fingerprint density at radius 3 is 2.61 bits per heavy atom. The van der Waals surface area contributed by atoms with E-state index in [1.165, 1.54) is 6.33 Å². The first-order chi connectivity index (χ1) is 8.39. The van der Waals surface area contributed by atoms with Crippen LogP contribution in [0.15, 0.2) is 27.9 Å². The van der Waals surface area contributed by atoms with Gasteiger partial charge in [-0.25, -0.2) is 15.0 Å². The van der Waals surface area contributed by atoms with Gasteiger partial charge in [-0.1, -0.05) is 20.8 Å². The minimum absolute atomic E-state index is 0.205. The van der Waals surface area contributed by atoms with Crippen molar-refractivity contribution in [2.75, 3.05) is 0 Å². The molecular formula is C12H13BrN4O. The zero-order chi connectivity index (χ0) is 13.3. The van der Waals surface area contributed by atoms with E-state index in [1.807, 2.05) is 20.8 Å². The first kappa shape index (κ1) is 12.9. The van der Waals surface area contributed by atoms with Gasteiger partial charge < -0.3 is 4.98 Å². The van der Waals surface area contributed by atoms with Gasteiger partial charge >= 0.3 is 0 Å². The van der Waals surface area contributed by atoms with Crippen molar-refractivity contribution in [2.24, 2.45) is 0 Å². The van der Waals surface area contributed by atoms with Gasteiger partial charge in [-0.15, -0.1) is 0 Å². The molecule has 0 spiro atoms. The van der Waals surface area contributed by atoms with Gasteiger partial charge in [0.25, 0.3) is 5.56 Å². The summed E-state index contributed by atoms with van der Waals surface area (Å²) in [6.45, 7) is 6.01. The standard InChI is InChI=1S/C12H13BrN4O/c1-12(2,3)9-8(13)11(18)17-10(16-9)7-4-5-14-6-15-7/h4-6H,1-3H3,(H,16,17,18). The highest BCUT2D eigenvalue weighted by atomic mass is 79.9. The summed E-state index contributed by atoms with van der Waals surface area (Å²) in [6, 6.07) is 1.71. The topological polar surface area (TPSA) is 71.5 Å². The third-order valence-corrected chi connectivity index (χ3v) is 3.13. The highest BCUT2D eigenvalue weighted by Gasteiger charge is 2.22. The zero-order valence-electron chi connectivity index (χ0n) is 10.4. The molecule has 0 aromatic carbocycles. The highest BCUT2D eigenvalue weighted by Crippen LogP contribution is 2.26. The lowest BCUT2D eigenvalue weighted by Crippen LogP contribution is -2.22. The Kier molecular flexibility index (Phi) is 3.30. The fraction of sp³-hybridized carbons (Fsp3) is 0.333. The summed E-state index contributed by atoms with van der Waals surface area (Å²) < 4.78 is 0.466. The highest BCUT2D eigenvalue weighted by molar-refractivity contribution is 9.10. The molecule has 2 heterocycles. The molecule has 0 fully saturated rings. The fourth-order valence-corrected chi connectivity index (χ4v) is 2.29. The molecule has 0 aliphatic heterocycles. The number of halogens is 1. The maximum Gasteiger partial charge on any atom is 0.265 e. The molecule has 1 N–H and O–H groups in total. The van der Waals surface area contributed by atoms with Crippen LogP contribution in [0.25, 0.3) is 11.5 Å². The number of rotatable bonds is 1. The lowest BCUT2D eigenvalue weighted by atomic mass is 9.92. The van der Waals surface area contributed by atoms with Crippen molar-refractivity contribution >= 4 is 15.9 Å². The first-order valence-electron chi connectivity index (χ1n) is 5.46. The third-order valence-electron chi connectivity index (χ3n) is 2.40. The maximum absolute atomic E-state index is 11.9. The molecular weight excluding hydrogens is 296 g/mol. The Balaban J connectivity index is 2.66. The predicted octanol–water partition coefficient (Wildman–Crippen LogP) is 2.29. The first-order valence-corrected chi connectivity index (χ1v) is 6.25. The van der Waals surface area contributed by atoms with Gasteiger partial charge in [0.15, 0.2) is 5.82 Å². The predicted molar refractivity (Wildman–Crippen MR) is 72.3 cm³/mol. The van der Waals surface area contributed by atoms with E-state index in [0.717, 1.165) is 0 Å². The van der Waals surface area contributed by atoms with Crippen LogP contribution in [0.5, 0.6) is 0 Å². The van der Waals surface area contributed by atoms with Crippen molar-refractivity contribution in [3.63, 3.8) is 0 Å². The number of hydrogen-bond donors (Lipinski definition) is 1. The molecule has 2 rings (SSSR count). The molecule has 0 bridgehead atoms. The van der Waals surface area contributed by atoms with E-state index in [9.17, 15) is 4.79 Å². The van der Waals surface area contributed by atoms with Crippen LogP contribution in [-0.4, -0.2) is 19.9 Å². The molecule has 0 aliphatic carbocycles. The van der Waals surface area contributed by atoms with Crippen LogP contribution in [0.1, 0.15) is 26.5 Å². The van der Waals surface area contributed by atoms with Crippen molar-refractivity contribution in [1.29, 1.82) is 0 Å². The Morgan fingerprint density at radius 1 is 1.33 bits per heavy atom. The molecule has 2 aromatic heterocycles. The van der Waals surface area contributed by atoms with Crippen LogP contribution in [0.3, 0.4) is 0 Å². The summed E-state index contributed by atoms with van der Waals surface area (Å²) in [5, 5.41) is 0. The number of hydrogen-bond acceptors (Lipinski definition) is 4. The van der Waals surface area contributed by atoms with Gasteiger partial charge in [0.05, 0.1) is 5.69 Å². The molecule has 0 saturated carbocycles. The Bertz CT molecular complexity index is 616. The van der Waals surface area contributed by atoms with Crippen molar-refractivity contribution in [3.8, 4) is 11.5 Å². The van der Waals surface area contributed by atoms with Gasteiger partial charge in [0.1, 0.15) is 16.5 Å². The summed E-state index contributed by atoms with van der Waals surface area (Å²) in [4.78, 5) is 27.0. The van der Waals surface area contributed by atoms with Gasteiger partial charge in [0.2, 0.25) is 0 Å². The molecule has 0 aliphatic rings. The smallest absolute Gasteiger partial charge is 0.265 e. The minimum Gasteiger partial charge on any atom is -0.304 e. The van der Waals surface area contributed by atoms with Crippen LogP contribution < -0.4 is 5.56 Å². The lowest BCUT2D eigenvalue weighted by molar-refractivity contribution is 0.562. The molecule has 18 heavy (non-hydrogen) atoms. The van der Waals surface area contributed by atoms with Gasteiger partial charge in [-0.2, -0.15) is 0 Å². The molecule has 0 amide bonds. The second kappa shape index (κ2) is 4.61. The summed E-state index contributed by atoms with van der Waals surface area (Å²) >= 11 is 3.28. The lowest BCUT2D eigenvalue weighted by Gasteiger charge is -2.19. The van der Waals surface area contributed by atoms with Crippen molar-refractivity contribution < 1.29 is 0 Å². The number of aromatic amines is 1. The molecule has 2 aromatic rings. The van der Waals surface area contributed by atoms with E-state index < -0.39 is 0 Å². The third kappa shape index (κ3) is 2.48. The number of nitrogens with one attached hydrogen (secondary N) is 1. The van der Waals surface area contributed by atoms with Crippen LogP contribution in [0, 0.1) is 0 Å². The van der Waals surface area contributed by atoms with E-state index in [0.29, 0.717) is 21.7 Å². The second-order valence-corrected chi connectivity index (χ2v) is 5.71. The average Bonchev–Trinajstić information content (AvgIpc) is 2.32. The van der Waals surface area contributed by atoms with Crippen molar-refractivity contribution in [3.05, 3.63) is 39.1 Å². The summed E-state index contributed by atoms with van der Waals surface area (Å²) in [5.41, 5.74) is 0.873. The van der Waals surface area contributed by atoms with Gasteiger partial charge in [-0.05, 0) is 22.0 Å². The molecule has 94 valence electrons. The minimum atomic E-state index is -0.227. The second-order valence-electron chi connectivity index (χ2n) is 4.92. The summed E-state index contributed by atoms with van der Waals surface area (Å²) in [5.74, 6) is 0.454. The molecule has 5 nitrogen and oxygen atoms in total. The van der Waals surface area contributed by atoms with Crippen LogP contribution in [0.4, 0.5) is 0 Å². The average molecular weight is 309 g/mol. The summed E-state index contributed by atoms with van der Waals surface area (Å²) in [6.07, 6.45) is 3.04. The molecule has 0 unspecified atom stereocenters. The van der Waals surface area contributed by atoms with Crippen LogP contribution >= 0.6 is 15.9 Å². The van der Waals surface area contributed by atoms with Crippen LogP contribution in [0.2, 0.25) is 0 Å². The zero-order valence-corrected chi connectivity index (χ0v) is 11.9. The van der Waals surface area contributed by atoms with Crippen LogP contribution in [-0.2, 0) is 5.41 Å². The molecule has 0 atom stereocenters. The fourth-order valence-electron chi connectivity index (χ4n) is 1.51. The monoisotopic (exact) mass is 308 g/mol. The Labute approximate surface area is 113 Å². The number of aromatic nitrogens is 4. The van der Waals surface area contributed by atoms with Crippen molar-refractivity contribution in [1.82, 2.24) is 19.9 Å². The Morgan fingerprint density at radius 2 is 2.06 bits per heavy atom. The van der Waals surface area contributed by atoms with Gasteiger partial charge in [-0.3, -0.25) is 4.79 Å². The number of H-pyrrole nitrogens is 1. The molecule has 0 radical (unpaired) electrons. The number of nitrogens with zero attached hydrogens (tertiary/aromatic N) is 3. The van der Waals surface area contributed by atoms with E-state index in [2.05, 4.69) is 35.9 Å². The van der Waals surface area contributed by atoms with Crippen molar-refractivity contribution in [2.45, 2.75) is 26.2 Å². The SMILES string of the molecule is CC(C)(C)c1nc(-c2ccncn2)[nH]c(=O)c1Br. The normalized spacial score (nSPS) is 11.6. The Hall–Kier alpha value is -1.56. The maximum atomic E-state index is 11.9. The van der Waals surface area contributed by atoms with E-state index in [-0.39, 0.29) is 11.0 Å². The molecule has 0 saturated heterocycles. The summed E-state index contributed by atoms with van der Waals surface area (Å²) in [7, 11) is 0. The van der Waals surface area contributed by atoms with E-state index in [1.54, 1.807) is 12.3 Å². The largest absolute Gasteiger partial charge is 0.304 e. The molecule has 6 heteroatoms.